The first-order valence-corrected chi connectivity index (χ1v) is 13.1. The van der Waals surface area contributed by atoms with Crippen molar-refractivity contribution in [2.24, 2.45) is 0 Å². The van der Waals surface area contributed by atoms with Crippen molar-refractivity contribution < 1.29 is 22.7 Å². The van der Waals surface area contributed by atoms with Crippen LogP contribution >= 0.6 is 0 Å². The third kappa shape index (κ3) is 4.86. The van der Waals surface area contributed by atoms with Crippen molar-refractivity contribution in [3.05, 3.63) is 103 Å². The molecular weight excluding hydrogens is 557 g/mol. The first-order valence-electron chi connectivity index (χ1n) is 13.1. The SMILES string of the molecule is O=C(Oc1ccc(-c2nc3ccnc(-c4nc(-c5cccc6[nH]ccc56)n[nH]4)c3cc2-c2ccccc2)cc1)C(F)(F)F. The second-order valence-corrected chi connectivity index (χ2v) is 9.64. The van der Waals surface area contributed by atoms with E-state index < -0.39 is 12.1 Å². The molecule has 3 aromatic carbocycles. The Bertz CT molecular complexity index is 2120. The molecule has 0 saturated heterocycles. The summed E-state index contributed by atoms with van der Waals surface area (Å²) < 4.78 is 42.4. The van der Waals surface area contributed by atoms with Crippen molar-refractivity contribution in [3.63, 3.8) is 0 Å². The lowest BCUT2D eigenvalue weighted by atomic mass is 9.97. The summed E-state index contributed by atoms with van der Waals surface area (Å²) in [4.78, 5) is 28.8. The normalized spacial score (nSPS) is 11.7. The lowest BCUT2D eigenvalue weighted by Gasteiger charge is -2.13. The Balaban J connectivity index is 1.33. The molecule has 7 rings (SSSR count). The van der Waals surface area contributed by atoms with Crippen molar-refractivity contribution in [1.29, 1.82) is 0 Å². The van der Waals surface area contributed by atoms with Gasteiger partial charge in [0, 0.05) is 45.4 Å². The number of hydrogen-bond acceptors (Lipinski definition) is 6. The Labute approximate surface area is 241 Å². The second-order valence-electron chi connectivity index (χ2n) is 9.64. The summed E-state index contributed by atoms with van der Waals surface area (Å²) in [7, 11) is 0. The predicted molar refractivity (Wildman–Crippen MR) is 155 cm³/mol. The van der Waals surface area contributed by atoms with Crippen LogP contribution < -0.4 is 4.74 Å². The molecule has 0 aliphatic heterocycles. The van der Waals surface area contributed by atoms with E-state index in [-0.39, 0.29) is 5.75 Å². The van der Waals surface area contributed by atoms with E-state index in [9.17, 15) is 18.0 Å². The van der Waals surface area contributed by atoms with Crippen molar-refractivity contribution >= 4 is 27.8 Å². The van der Waals surface area contributed by atoms with Gasteiger partial charge in [-0.25, -0.2) is 14.8 Å². The summed E-state index contributed by atoms with van der Waals surface area (Å²) >= 11 is 0. The zero-order valence-corrected chi connectivity index (χ0v) is 22.1. The van der Waals surface area contributed by atoms with Crippen LogP contribution in [-0.4, -0.2) is 42.3 Å². The van der Waals surface area contributed by atoms with Crippen LogP contribution in [-0.2, 0) is 4.79 Å². The zero-order valence-electron chi connectivity index (χ0n) is 22.1. The third-order valence-corrected chi connectivity index (χ3v) is 6.94. The van der Waals surface area contributed by atoms with Crippen LogP contribution in [0.5, 0.6) is 5.75 Å². The Morgan fingerprint density at radius 1 is 0.767 bits per heavy atom. The summed E-state index contributed by atoms with van der Waals surface area (Å²) in [6, 6.07) is 26.9. The molecule has 43 heavy (non-hydrogen) atoms. The second kappa shape index (κ2) is 10.2. The van der Waals surface area contributed by atoms with Gasteiger partial charge in [-0.2, -0.15) is 18.3 Å². The van der Waals surface area contributed by atoms with Crippen molar-refractivity contribution in [1.82, 2.24) is 30.1 Å². The van der Waals surface area contributed by atoms with Gasteiger partial charge in [0.15, 0.2) is 11.6 Å². The number of nitrogens with one attached hydrogen (secondary N) is 2. The highest BCUT2D eigenvalue weighted by Gasteiger charge is 2.41. The monoisotopic (exact) mass is 576 g/mol. The molecule has 0 atom stereocenters. The number of hydrogen-bond donors (Lipinski definition) is 2. The number of rotatable bonds is 5. The molecule has 0 spiro atoms. The number of carbonyl (C=O) groups excluding carboxylic acids is 1. The first-order chi connectivity index (χ1) is 20.8. The van der Waals surface area contributed by atoms with Crippen LogP contribution in [0.25, 0.3) is 67.1 Å². The number of pyridine rings is 2. The van der Waals surface area contributed by atoms with E-state index in [4.69, 9.17) is 9.97 Å². The maximum atomic E-state index is 12.7. The Hall–Kier alpha value is -5.84. The molecule has 0 radical (unpaired) electrons. The van der Waals surface area contributed by atoms with Gasteiger partial charge in [0.05, 0.1) is 11.2 Å². The summed E-state index contributed by atoms with van der Waals surface area (Å²) in [6.07, 6.45) is -1.60. The molecule has 0 saturated carbocycles. The van der Waals surface area contributed by atoms with Crippen molar-refractivity contribution in [2.45, 2.75) is 6.18 Å². The molecule has 0 unspecified atom stereocenters. The fourth-order valence-electron chi connectivity index (χ4n) is 4.96. The van der Waals surface area contributed by atoms with Gasteiger partial charge in [0.1, 0.15) is 11.4 Å². The van der Waals surface area contributed by atoms with Gasteiger partial charge in [-0.15, -0.1) is 0 Å². The summed E-state index contributed by atoms with van der Waals surface area (Å²) in [5.41, 5.74) is 5.86. The number of ether oxygens (including phenoxy) is 1. The number of nitrogens with zero attached hydrogens (tertiary/aromatic N) is 4. The van der Waals surface area contributed by atoms with E-state index in [1.54, 1.807) is 24.4 Å². The number of halogens is 3. The summed E-state index contributed by atoms with van der Waals surface area (Å²) in [6.45, 7) is 0. The highest BCUT2D eigenvalue weighted by atomic mass is 19.4. The summed E-state index contributed by atoms with van der Waals surface area (Å²) in [5.74, 6) is -1.51. The molecule has 4 heterocycles. The largest absolute Gasteiger partial charge is 0.491 e. The maximum Gasteiger partial charge on any atom is 0.491 e. The Morgan fingerprint density at radius 3 is 2.37 bits per heavy atom. The third-order valence-electron chi connectivity index (χ3n) is 6.94. The van der Waals surface area contributed by atoms with Crippen LogP contribution in [0.2, 0.25) is 0 Å². The highest BCUT2D eigenvalue weighted by molar-refractivity contribution is 5.98. The predicted octanol–water partition coefficient (Wildman–Crippen LogP) is 7.36. The molecule has 7 aromatic rings. The Kier molecular flexibility index (Phi) is 6.19. The van der Waals surface area contributed by atoms with Crippen molar-refractivity contribution in [3.8, 4) is 51.0 Å². The number of fused-ring (bicyclic) bond motifs is 2. The van der Waals surface area contributed by atoms with E-state index in [1.165, 1.54) is 12.1 Å². The van der Waals surface area contributed by atoms with Gasteiger partial charge in [0.2, 0.25) is 0 Å². The maximum absolute atomic E-state index is 12.7. The lowest BCUT2D eigenvalue weighted by molar-refractivity contribution is -0.189. The van der Waals surface area contributed by atoms with Crippen LogP contribution in [0, 0.1) is 0 Å². The molecule has 2 N–H and O–H groups in total. The molecule has 8 nitrogen and oxygen atoms in total. The van der Waals surface area contributed by atoms with Gasteiger partial charge >= 0.3 is 12.1 Å². The quantitative estimate of drug-likeness (QED) is 0.164. The van der Waals surface area contributed by atoms with Gasteiger partial charge < -0.3 is 9.72 Å². The van der Waals surface area contributed by atoms with E-state index in [0.717, 1.165) is 33.0 Å². The number of aromatic nitrogens is 6. The van der Waals surface area contributed by atoms with Crippen LogP contribution in [0.1, 0.15) is 0 Å². The molecule has 0 amide bonds. The Morgan fingerprint density at radius 2 is 1.58 bits per heavy atom. The molecule has 0 bridgehead atoms. The smallest absolute Gasteiger partial charge is 0.420 e. The van der Waals surface area contributed by atoms with Crippen molar-refractivity contribution in [2.75, 3.05) is 0 Å². The zero-order chi connectivity index (χ0) is 29.6. The van der Waals surface area contributed by atoms with Gasteiger partial charge in [-0.05, 0) is 54.1 Å². The first kappa shape index (κ1) is 26.1. The van der Waals surface area contributed by atoms with E-state index in [1.807, 2.05) is 66.9 Å². The molecule has 0 aliphatic carbocycles. The van der Waals surface area contributed by atoms with Gasteiger partial charge in [0.25, 0.3) is 0 Å². The minimum Gasteiger partial charge on any atom is -0.420 e. The molecule has 11 heteroatoms. The topological polar surface area (TPSA) is 109 Å². The van der Waals surface area contributed by atoms with E-state index in [2.05, 4.69) is 24.9 Å². The number of benzene rings is 3. The number of carbonyl (C=O) groups is 1. The molecular formula is C32H19F3N6O2. The average molecular weight is 577 g/mol. The highest BCUT2D eigenvalue weighted by Crippen LogP contribution is 2.37. The van der Waals surface area contributed by atoms with E-state index >= 15 is 0 Å². The fourth-order valence-corrected chi connectivity index (χ4v) is 4.96. The molecule has 4 aromatic heterocycles. The average Bonchev–Trinajstić information content (AvgIpc) is 3.71. The van der Waals surface area contributed by atoms with Crippen LogP contribution in [0.15, 0.2) is 103 Å². The number of esters is 1. The van der Waals surface area contributed by atoms with Crippen LogP contribution in [0.4, 0.5) is 13.2 Å². The van der Waals surface area contributed by atoms with E-state index in [0.29, 0.717) is 34.1 Å². The number of aromatic amines is 2. The molecule has 0 aliphatic rings. The minimum atomic E-state index is -5.09. The fraction of sp³-hybridized carbons (Fsp3) is 0.0312. The lowest BCUT2D eigenvalue weighted by Crippen LogP contribution is -2.27. The van der Waals surface area contributed by atoms with Crippen LogP contribution in [0.3, 0.4) is 0 Å². The minimum absolute atomic E-state index is 0.226. The number of H-pyrrole nitrogens is 2. The summed E-state index contributed by atoms with van der Waals surface area (Å²) in [5, 5.41) is 9.22. The number of alkyl halides is 3. The standard InChI is InChI=1S/C32H19F3N6O2/c33-32(34,35)31(42)43-20-11-9-19(10-12-20)27-23(18-5-2-1-3-6-18)17-24-26(38-27)14-16-37-28(24)30-39-29(40-41-30)22-7-4-8-25-21(22)13-15-36-25/h1-17,36H,(H,39,40,41). The molecule has 0 fully saturated rings. The molecule has 210 valence electrons. The van der Waals surface area contributed by atoms with Gasteiger partial charge in [-0.1, -0.05) is 42.5 Å². The van der Waals surface area contributed by atoms with Gasteiger partial charge in [-0.3, -0.25) is 10.1 Å².